The molecule has 96 valence electrons. The second-order valence-corrected chi connectivity index (χ2v) is 5.36. The monoisotopic (exact) mass is 235 g/mol. The minimum Gasteiger partial charge on any atom is -0.348 e. The van der Waals surface area contributed by atoms with Crippen LogP contribution in [0.25, 0.3) is 0 Å². The number of aryl methyl sites for hydroxylation is 1. The number of H-pyrrole nitrogens is 1. The van der Waals surface area contributed by atoms with Crippen molar-refractivity contribution in [1.82, 2.24) is 15.3 Å². The van der Waals surface area contributed by atoms with Gasteiger partial charge in [0.25, 0.3) is 0 Å². The Bertz CT molecular complexity index is 324. The SMILES string of the molecule is CCCC1CCC(NCc2nc[nH]c2C)CC1. The summed E-state index contributed by atoms with van der Waals surface area (Å²) in [7, 11) is 0. The second-order valence-electron chi connectivity index (χ2n) is 5.36. The molecule has 3 heteroatoms. The molecule has 17 heavy (non-hydrogen) atoms. The zero-order valence-electron chi connectivity index (χ0n) is 11.1. The molecule has 0 bridgehead atoms. The van der Waals surface area contributed by atoms with Crippen LogP contribution in [0.2, 0.25) is 0 Å². The molecule has 1 aliphatic carbocycles. The molecule has 2 N–H and O–H groups in total. The summed E-state index contributed by atoms with van der Waals surface area (Å²) in [6.07, 6.45) is 10.0. The lowest BCUT2D eigenvalue weighted by molar-refractivity contribution is 0.277. The molecule has 0 spiro atoms. The molecule has 0 aromatic carbocycles. The Morgan fingerprint density at radius 1 is 1.35 bits per heavy atom. The van der Waals surface area contributed by atoms with Gasteiger partial charge in [-0.05, 0) is 38.5 Å². The van der Waals surface area contributed by atoms with Gasteiger partial charge in [-0.25, -0.2) is 4.98 Å². The molecule has 0 radical (unpaired) electrons. The maximum atomic E-state index is 4.33. The smallest absolute Gasteiger partial charge is 0.0925 e. The van der Waals surface area contributed by atoms with Crippen LogP contribution in [-0.2, 0) is 6.54 Å². The molecule has 1 aliphatic rings. The van der Waals surface area contributed by atoms with E-state index in [1.807, 2.05) is 0 Å². The van der Waals surface area contributed by atoms with Crippen LogP contribution in [0.1, 0.15) is 56.8 Å². The zero-order valence-corrected chi connectivity index (χ0v) is 11.1. The van der Waals surface area contributed by atoms with Crippen LogP contribution in [0.5, 0.6) is 0 Å². The molecule has 0 atom stereocenters. The van der Waals surface area contributed by atoms with E-state index < -0.39 is 0 Å². The summed E-state index contributed by atoms with van der Waals surface area (Å²) < 4.78 is 0. The average molecular weight is 235 g/mol. The van der Waals surface area contributed by atoms with Gasteiger partial charge in [0, 0.05) is 18.3 Å². The van der Waals surface area contributed by atoms with Crippen LogP contribution in [0.15, 0.2) is 6.33 Å². The van der Waals surface area contributed by atoms with Gasteiger partial charge >= 0.3 is 0 Å². The highest BCUT2D eigenvalue weighted by atomic mass is 15.0. The number of imidazole rings is 1. The first kappa shape index (κ1) is 12.6. The lowest BCUT2D eigenvalue weighted by Gasteiger charge is -2.28. The maximum absolute atomic E-state index is 4.33. The van der Waals surface area contributed by atoms with Gasteiger partial charge in [-0.15, -0.1) is 0 Å². The Balaban J connectivity index is 1.70. The molecule has 0 aliphatic heterocycles. The molecule has 0 amide bonds. The van der Waals surface area contributed by atoms with E-state index in [1.165, 1.54) is 49.9 Å². The number of nitrogens with zero attached hydrogens (tertiary/aromatic N) is 1. The van der Waals surface area contributed by atoms with E-state index in [4.69, 9.17) is 0 Å². The van der Waals surface area contributed by atoms with Crippen molar-refractivity contribution in [3.63, 3.8) is 0 Å². The van der Waals surface area contributed by atoms with Gasteiger partial charge in [-0.2, -0.15) is 0 Å². The predicted octanol–water partition coefficient (Wildman–Crippen LogP) is 3.17. The molecule has 2 rings (SSSR count). The molecule has 0 unspecified atom stereocenters. The number of aromatic nitrogens is 2. The third-order valence-electron chi connectivity index (χ3n) is 4.04. The summed E-state index contributed by atoms with van der Waals surface area (Å²) in [4.78, 5) is 7.46. The van der Waals surface area contributed by atoms with Gasteiger partial charge in [0.1, 0.15) is 0 Å². The fraction of sp³-hybridized carbons (Fsp3) is 0.786. The van der Waals surface area contributed by atoms with Gasteiger partial charge in [0.15, 0.2) is 0 Å². The molecular formula is C14H25N3. The van der Waals surface area contributed by atoms with E-state index >= 15 is 0 Å². The van der Waals surface area contributed by atoms with E-state index in [2.05, 4.69) is 29.1 Å². The maximum Gasteiger partial charge on any atom is 0.0925 e. The predicted molar refractivity (Wildman–Crippen MR) is 70.8 cm³/mol. The largest absolute Gasteiger partial charge is 0.348 e. The standard InChI is InChI=1S/C14H25N3/c1-3-4-12-5-7-13(8-6-12)15-9-14-11(2)16-10-17-14/h10,12-13,15H,3-9H2,1-2H3,(H,16,17). The molecule has 1 saturated carbocycles. The molecule has 1 heterocycles. The lowest BCUT2D eigenvalue weighted by Crippen LogP contribution is -2.33. The summed E-state index contributed by atoms with van der Waals surface area (Å²) in [6.45, 7) is 5.30. The number of rotatable bonds is 5. The Morgan fingerprint density at radius 2 is 2.12 bits per heavy atom. The van der Waals surface area contributed by atoms with E-state index in [0.29, 0.717) is 6.04 Å². The normalized spacial score (nSPS) is 25.1. The van der Waals surface area contributed by atoms with Crippen molar-refractivity contribution in [2.45, 2.75) is 65.0 Å². The van der Waals surface area contributed by atoms with Gasteiger partial charge < -0.3 is 10.3 Å². The first-order valence-electron chi connectivity index (χ1n) is 7.01. The summed E-state index contributed by atoms with van der Waals surface area (Å²) in [6, 6.07) is 0.708. The number of hydrogen-bond acceptors (Lipinski definition) is 2. The Hall–Kier alpha value is -0.830. The highest BCUT2D eigenvalue weighted by Gasteiger charge is 2.20. The Morgan fingerprint density at radius 3 is 2.71 bits per heavy atom. The molecular weight excluding hydrogens is 210 g/mol. The minimum atomic E-state index is 0.708. The minimum absolute atomic E-state index is 0.708. The van der Waals surface area contributed by atoms with Crippen molar-refractivity contribution in [1.29, 1.82) is 0 Å². The van der Waals surface area contributed by atoms with E-state index in [0.717, 1.165) is 12.5 Å². The third kappa shape index (κ3) is 3.56. The fourth-order valence-corrected chi connectivity index (χ4v) is 2.87. The van der Waals surface area contributed by atoms with Crippen molar-refractivity contribution >= 4 is 0 Å². The zero-order chi connectivity index (χ0) is 12.1. The van der Waals surface area contributed by atoms with Crippen LogP contribution in [0.4, 0.5) is 0 Å². The van der Waals surface area contributed by atoms with Crippen molar-refractivity contribution in [2.75, 3.05) is 0 Å². The van der Waals surface area contributed by atoms with Gasteiger partial charge in [0.05, 0.1) is 12.0 Å². The summed E-state index contributed by atoms with van der Waals surface area (Å²) in [5.41, 5.74) is 2.36. The van der Waals surface area contributed by atoms with Crippen LogP contribution < -0.4 is 5.32 Å². The molecule has 1 fully saturated rings. The van der Waals surface area contributed by atoms with Gasteiger partial charge in [-0.1, -0.05) is 19.8 Å². The van der Waals surface area contributed by atoms with Gasteiger partial charge in [0.2, 0.25) is 0 Å². The van der Waals surface area contributed by atoms with Crippen LogP contribution in [0.3, 0.4) is 0 Å². The van der Waals surface area contributed by atoms with Crippen LogP contribution in [0, 0.1) is 12.8 Å². The highest BCUT2D eigenvalue weighted by Crippen LogP contribution is 2.27. The van der Waals surface area contributed by atoms with Crippen molar-refractivity contribution in [3.05, 3.63) is 17.7 Å². The Labute approximate surface area is 104 Å². The number of aromatic amines is 1. The van der Waals surface area contributed by atoms with Crippen molar-refractivity contribution in [2.24, 2.45) is 5.92 Å². The first-order valence-corrected chi connectivity index (χ1v) is 7.01. The van der Waals surface area contributed by atoms with Crippen molar-refractivity contribution in [3.8, 4) is 0 Å². The van der Waals surface area contributed by atoms with Crippen LogP contribution in [-0.4, -0.2) is 16.0 Å². The molecule has 1 aromatic heterocycles. The fourth-order valence-electron chi connectivity index (χ4n) is 2.87. The number of nitrogens with one attached hydrogen (secondary N) is 2. The van der Waals surface area contributed by atoms with E-state index in [-0.39, 0.29) is 0 Å². The summed E-state index contributed by atoms with van der Waals surface area (Å²) in [5.74, 6) is 0.991. The average Bonchev–Trinajstić information content (AvgIpc) is 2.75. The van der Waals surface area contributed by atoms with E-state index in [9.17, 15) is 0 Å². The van der Waals surface area contributed by atoms with E-state index in [1.54, 1.807) is 6.33 Å². The summed E-state index contributed by atoms with van der Waals surface area (Å²) >= 11 is 0. The summed E-state index contributed by atoms with van der Waals surface area (Å²) in [5, 5.41) is 3.64. The van der Waals surface area contributed by atoms with Crippen LogP contribution >= 0.6 is 0 Å². The molecule has 3 nitrogen and oxygen atoms in total. The molecule has 0 saturated heterocycles. The topological polar surface area (TPSA) is 40.7 Å². The van der Waals surface area contributed by atoms with Gasteiger partial charge in [-0.3, -0.25) is 0 Å². The third-order valence-corrected chi connectivity index (χ3v) is 4.04. The quantitative estimate of drug-likeness (QED) is 0.823. The lowest BCUT2D eigenvalue weighted by atomic mass is 9.83. The second kappa shape index (κ2) is 6.20. The van der Waals surface area contributed by atoms with Crippen molar-refractivity contribution < 1.29 is 0 Å². The number of hydrogen-bond donors (Lipinski definition) is 2. The first-order chi connectivity index (χ1) is 8.29. The Kier molecular flexibility index (Phi) is 4.60. The highest BCUT2D eigenvalue weighted by molar-refractivity contribution is 5.08. The molecule has 1 aromatic rings.